The number of nitriles is 1. The normalized spacial score (nSPS) is 16.9. The number of likely N-dealkylation sites (tertiary alicyclic amines) is 1. The standard InChI is InChI=1S/C26H29N3O6/c1-32-21-10-8-17(13-23(21)33-2)5-3-7-25(30)29-12-4-6-20(29)26(31)28-19(15-27)18-9-11-22-24(14-18)35-16-34-22/h8-11,13-14,19-20H,3-7,12,16H2,1-2H3,(H,28,31)/t19?,20-/m0/s1. The lowest BCUT2D eigenvalue weighted by atomic mass is 10.1. The first-order valence-corrected chi connectivity index (χ1v) is 11.6. The lowest BCUT2D eigenvalue weighted by Gasteiger charge is -2.25. The number of hydrogen-bond donors (Lipinski definition) is 1. The van der Waals surface area contributed by atoms with E-state index in [2.05, 4.69) is 11.4 Å². The molecule has 2 aliphatic rings. The van der Waals surface area contributed by atoms with Crippen LogP contribution in [0, 0.1) is 11.3 Å². The summed E-state index contributed by atoms with van der Waals surface area (Å²) in [5.74, 6) is 2.10. The summed E-state index contributed by atoms with van der Waals surface area (Å²) in [6.45, 7) is 0.669. The minimum Gasteiger partial charge on any atom is -0.493 e. The summed E-state index contributed by atoms with van der Waals surface area (Å²) in [7, 11) is 3.18. The highest BCUT2D eigenvalue weighted by molar-refractivity contribution is 5.88. The molecule has 0 aromatic heterocycles. The number of ether oxygens (including phenoxy) is 4. The van der Waals surface area contributed by atoms with E-state index in [-0.39, 0.29) is 18.6 Å². The fourth-order valence-electron chi connectivity index (χ4n) is 4.48. The molecule has 9 heteroatoms. The molecule has 0 spiro atoms. The van der Waals surface area contributed by atoms with Crippen LogP contribution in [-0.2, 0) is 16.0 Å². The molecule has 0 bridgehead atoms. The van der Waals surface area contributed by atoms with Crippen molar-refractivity contribution in [2.45, 2.75) is 44.2 Å². The van der Waals surface area contributed by atoms with Crippen molar-refractivity contribution >= 4 is 11.8 Å². The summed E-state index contributed by atoms with van der Waals surface area (Å²) in [4.78, 5) is 27.6. The van der Waals surface area contributed by atoms with Crippen molar-refractivity contribution < 1.29 is 28.5 Å². The van der Waals surface area contributed by atoms with E-state index in [1.807, 2.05) is 18.2 Å². The van der Waals surface area contributed by atoms with Gasteiger partial charge in [0.15, 0.2) is 23.0 Å². The van der Waals surface area contributed by atoms with Gasteiger partial charge < -0.3 is 29.2 Å². The van der Waals surface area contributed by atoms with E-state index in [0.717, 1.165) is 12.0 Å². The molecular weight excluding hydrogens is 450 g/mol. The fourth-order valence-corrected chi connectivity index (χ4v) is 4.48. The number of hydrogen-bond acceptors (Lipinski definition) is 7. The second-order valence-corrected chi connectivity index (χ2v) is 8.47. The number of nitrogens with one attached hydrogen (secondary N) is 1. The molecule has 2 atom stereocenters. The molecular formula is C26H29N3O6. The smallest absolute Gasteiger partial charge is 0.244 e. The Bertz CT molecular complexity index is 1130. The van der Waals surface area contributed by atoms with Crippen LogP contribution in [0.25, 0.3) is 0 Å². The highest BCUT2D eigenvalue weighted by Gasteiger charge is 2.35. The monoisotopic (exact) mass is 479 g/mol. The summed E-state index contributed by atoms with van der Waals surface area (Å²) in [5, 5.41) is 12.4. The maximum Gasteiger partial charge on any atom is 0.244 e. The molecule has 4 rings (SSSR count). The van der Waals surface area contributed by atoms with Gasteiger partial charge in [0.2, 0.25) is 18.6 Å². The zero-order chi connectivity index (χ0) is 24.8. The van der Waals surface area contributed by atoms with Gasteiger partial charge >= 0.3 is 0 Å². The van der Waals surface area contributed by atoms with Crippen LogP contribution in [0.5, 0.6) is 23.0 Å². The molecule has 184 valence electrons. The van der Waals surface area contributed by atoms with Gasteiger partial charge in [0.05, 0.1) is 20.3 Å². The number of aryl methyl sites for hydroxylation is 1. The molecule has 1 N–H and O–H groups in total. The van der Waals surface area contributed by atoms with Crippen LogP contribution in [0.4, 0.5) is 0 Å². The van der Waals surface area contributed by atoms with Crippen LogP contribution in [0.2, 0.25) is 0 Å². The third-order valence-electron chi connectivity index (χ3n) is 6.33. The topological polar surface area (TPSA) is 110 Å². The van der Waals surface area contributed by atoms with Crippen LogP contribution in [0.1, 0.15) is 42.9 Å². The summed E-state index contributed by atoms with van der Waals surface area (Å²) in [6.07, 6.45) is 3.02. The Balaban J connectivity index is 1.33. The van der Waals surface area contributed by atoms with Gasteiger partial charge in [-0.25, -0.2) is 0 Å². The number of carbonyl (C=O) groups excluding carboxylic acids is 2. The summed E-state index contributed by atoms with van der Waals surface area (Å²) in [5.41, 5.74) is 1.66. The Morgan fingerprint density at radius 3 is 2.71 bits per heavy atom. The molecule has 2 aromatic rings. The lowest BCUT2D eigenvalue weighted by molar-refractivity contribution is -0.138. The van der Waals surface area contributed by atoms with Crippen LogP contribution in [0.15, 0.2) is 36.4 Å². The van der Waals surface area contributed by atoms with Gasteiger partial charge in [0.25, 0.3) is 0 Å². The molecule has 2 amide bonds. The molecule has 1 unspecified atom stereocenters. The Kier molecular flexibility index (Phi) is 7.60. The van der Waals surface area contributed by atoms with Crippen molar-refractivity contribution in [2.24, 2.45) is 0 Å². The van der Waals surface area contributed by atoms with E-state index in [1.54, 1.807) is 37.3 Å². The summed E-state index contributed by atoms with van der Waals surface area (Å²) in [6, 6.07) is 11.6. The Morgan fingerprint density at radius 1 is 1.14 bits per heavy atom. The van der Waals surface area contributed by atoms with Crippen molar-refractivity contribution in [3.8, 4) is 29.1 Å². The Morgan fingerprint density at radius 2 is 1.94 bits per heavy atom. The lowest BCUT2D eigenvalue weighted by Crippen LogP contribution is -2.46. The van der Waals surface area contributed by atoms with Crippen molar-refractivity contribution in [2.75, 3.05) is 27.6 Å². The predicted octanol–water partition coefficient (Wildman–Crippen LogP) is 3.13. The van der Waals surface area contributed by atoms with Crippen LogP contribution in [0.3, 0.4) is 0 Å². The van der Waals surface area contributed by atoms with Gasteiger partial charge in [-0.15, -0.1) is 0 Å². The van der Waals surface area contributed by atoms with E-state index in [4.69, 9.17) is 18.9 Å². The van der Waals surface area contributed by atoms with Crippen molar-refractivity contribution in [1.82, 2.24) is 10.2 Å². The van der Waals surface area contributed by atoms with E-state index >= 15 is 0 Å². The molecule has 9 nitrogen and oxygen atoms in total. The van der Waals surface area contributed by atoms with Gasteiger partial charge in [-0.05, 0) is 61.1 Å². The van der Waals surface area contributed by atoms with Crippen molar-refractivity contribution in [3.63, 3.8) is 0 Å². The second kappa shape index (κ2) is 11.0. The first kappa shape index (κ1) is 24.2. The summed E-state index contributed by atoms with van der Waals surface area (Å²) < 4.78 is 21.3. The van der Waals surface area contributed by atoms with Gasteiger partial charge in [-0.1, -0.05) is 12.1 Å². The second-order valence-electron chi connectivity index (χ2n) is 8.47. The quantitative estimate of drug-likeness (QED) is 0.588. The third kappa shape index (κ3) is 5.43. The van der Waals surface area contributed by atoms with E-state index in [1.165, 1.54) is 0 Å². The van der Waals surface area contributed by atoms with Crippen LogP contribution < -0.4 is 24.3 Å². The number of nitrogens with zero attached hydrogens (tertiary/aromatic N) is 2. The molecule has 2 aromatic carbocycles. The molecule has 1 saturated heterocycles. The number of carbonyl (C=O) groups is 2. The van der Waals surface area contributed by atoms with Gasteiger partial charge in [0.1, 0.15) is 12.1 Å². The number of rotatable bonds is 9. The van der Waals surface area contributed by atoms with Gasteiger partial charge in [-0.2, -0.15) is 5.26 Å². The minimum absolute atomic E-state index is 0.0558. The first-order chi connectivity index (χ1) is 17.0. The van der Waals surface area contributed by atoms with E-state index < -0.39 is 12.1 Å². The molecule has 2 aliphatic heterocycles. The van der Waals surface area contributed by atoms with E-state index in [9.17, 15) is 14.9 Å². The fraction of sp³-hybridized carbons (Fsp3) is 0.423. The third-order valence-corrected chi connectivity index (χ3v) is 6.33. The average Bonchev–Trinajstić information content (AvgIpc) is 3.56. The zero-order valence-corrected chi connectivity index (χ0v) is 19.9. The van der Waals surface area contributed by atoms with Crippen molar-refractivity contribution in [3.05, 3.63) is 47.5 Å². The highest BCUT2D eigenvalue weighted by Crippen LogP contribution is 2.34. The first-order valence-electron chi connectivity index (χ1n) is 11.6. The number of methoxy groups -OCH3 is 2. The van der Waals surface area contributed by atoms with Crippen LogP contribution >= 0.6 is 0 Å². The Labute approximate surface area is 204 Å². The predicted molar refractivity (Wildman–Crippen MR) is 126 cm³/mol. The van der Waals surface area contributed by atoms with Crippen LogP contribution in [-0.4, -0.2) is 50.3 Å². The zero-order valence-electron chi connectivity index (χ0n) is 19.9. The van der Waals surface area contributed by atoms with Gasteiger partial charge in [-0.3, -0.25) is 9.59 Å². The number of fused-ring (bicyclic) bond motifs is 1. The molecule has 0 saturated carbocycles. The molecule has 35 heavy (non-hydrogen) atoms. The summed E-state index contributed by atoms with van der Waals surface area (Å²) >= 11 is 0. The van der Waals surface area contributed by atoms with Crippen molar-refractivity contribution in [1.29, 1.82) is 5.26 Å². The molecule has 0 aliphatic carbocycles. The minimum atomic E-state index is -0.848. The largest absolute Gasteiger partial charge is 0.493 e. The SMILES string of the molecule is COc1ccc(CCCC(=O)N2CCC[C@H]2C(=O)NC(C#N)c2ccc3c(c2)OCO3)cc1OC. The molecule has 0 radical (unpaired) electrons. The van der Waals surface area contributed by atoms with E-state index in [0.29, 0.717) is 60.8 Å². The van der Waals surface area contributed by atoms with Gasteiger partial charge in [0, 0.05) is 13.0 Å². The Hall–Kier alpha value is -3.93. The highest BCUT2D eigenvalue weighted by atomic mass is 16.7. The number of benzene rings is 2. The molecule has 2 heterocycles. The maximum absolute atomic E-state index is 13.0. The number of amides is 2. The average molecular weight is 480 g/mol. The molecule has 1 fully saturated rings. The maximum atomic E-state index is 13.0.